The van der Waals surface area contributed by atoms with Crippen molar-refractivity contribution < 1.29 is 9.53 Å². The number of nitrogen functional groups attached to an aromatic ring is 1. The molecule has 6 rings (SSSR count). The lowest BCUT2D eigenvalue weighted by Gasteiger charge is -2.18. The molecule has 0 fully saturated rings. The van der Waals surface area contributed by atoms with Gasteiger partial charge in [-0.1, -0.05) is 24.3 Å². The Labute approximate surface area is 204 Å². The zero-order valence-electron chi connectivity index (χ0n) is 19.9. The molecule has 2 aliphatic rings. The van der Waals surface area contributed by atoms with Gasteiger partial charge in [0.1, 0.15) is 18.0 Å². The van der Waals surface area contributed by atoms with E-state index in [2.05, 4.69) is 39.6 Å². The van der Waals surface area contributed by atoms with Gasteiger partial charge in [0.25, 0.3) is 5.91 Å². The second-order valence-electron chi connectivity index (χ2n) is 9.33. The van der Waals surface area contributed by atoms with E-state index in [1.807, 2.05) is 57.3 Å². The monoisotopic (exact) mass is 462 g/mol. The van der Waals surface area contributed by atoms with E-state index in [-0.39, 0.29) is 18.1 Å². The molecule has 2 aromatic carbocycles. The summed E-state index contributed by atoms with van der Waals surface area (Å²) < 4.78 is 6.37. The SMILES string of the molecule is Cc1cc(N)nc(C)c1CNC(=O)c1ccc2c(c1)C1OC2c2ccc(-c3cccnc3C)cc21. The molecule has 4 aromatic rings. The quantitative estimate of drug-likeness (QED) is 0.440. The van der Waals surface area contributed by atoms with E-state index in [1.54, 1.807) is 0 Å². The fourth-order valence-corrected chi connectivity index (χ4v) is 5.37. The number of hydrogen-bond acceptors (Lipinski definition) is 5. The molecule has 0 aliphatic carbocycles. The van der Waals surface area contributed by atoms with Crippen LogP contribution in [0.2, 0.25) is 0 Å². The van der Waals surface area contributed by atoms with Gasteiger partial charge in [-0.05, 0) is 90.0 Å². The standard InChI is InChI=1S/C29H26N4O2/c1-15-11-26(30)33-17(3)25(15)14-32-29(34)19-7-9-22-24(13-19)28-23-12-18(6-8-21(23)27(22)35-28)20-5-4-10-31-16(20)2/h4-13,27-28H,14H2,1-3H3,(H2,30,33)(H,32,34). The molecule has 174 valence electrons. The summed E-state index contributed by atoms with van der Waals surface area (Å²) >= 11 is 0. The summed E-state index contributed by atoms with van der Waals surface area (Å²) in [6.45, 7) is 6.32. The number of anilines is 1. The highest BCUT2D eigenvalue weighted by Gasteiger charge is 2.43. The summed E-state index contributed by atoms with van der Waals surface area (Å²) in [4.78, 5) is 21.8. The van der Waals surface area contributed by atoms with E-state index in [1.165, 1.54) is 11.1 Å². The van der Waals surface area contributed by atoms with Gasteiger partial charge in [0.15, 0.2) is 0 Å². The first-order valence-electron chi connectivity index (χ1n) is 11.8. The normalized spacial score (nSPS) is 17.2. The predicted octanol–water partition coefficient (Wildman–Crippen LogP) is 5.10. The van der Waals surface area contributed by atoms with Gasteiger partial charge in [-0.25, -0.2) is 4.98 Å². The third-order valence-electron chi connectivity index (χ3n) is 7.16. The summed E-state index contributed by atoms with van der Waals surface area (Å²) in [5.41, 5.74) is 17.1. The van der Waals surface area contributed by atoms with E-state index in [0.717, 1.165) is 44.8 Å². The highest BCUT2D eigenvalue weighted by molar-refractivity contribution is 5.94. The van der Waals surface area contributed by atoms with E-state index in [0.29, 0.717) is 17.9 Å². The Morgan fingerprint density at radius 2 is 1.69 bits per heavy atom. The average molecular weight is 463 g/mol. The van der Waals surface area contributed by atoms with Crippen LogP contribution in [0.4, 0.5) is 5.82 Å². The number of benzene rings is 2. The molecule has 0 saturated heterocycles. The van der Waals surface area contributed by atoms with Crippen LogP contribution in [0, 0.1) is 20.8 Å². The Morgan fingerprint density at radius 1 is 0.943 bits per heavy atom. The number of nitrogens with zero attached hydrogens (tertiary/aromatic N) is 2. The van der Waals surface area contributed by atoms with Gasteiger partial charge in [0, 0.05) is 35.3 Å². The van der Waals surface area contributed by atoms with E-state index < -0.39 is 0 Å². The van der Waals surface area contributed by atoms with Crippen molar-refractivity contribution in [2.45, 2.75) is 39.5 Å². The van der Waals surface area contributed by atoms with Crippen LogP contribution in [0.5, 0.6) is 0 Å². The second kappa shape index (κ2) is 8.03. The number of fused-ring (bicyclic) bond motifs is 8. The predicted molar refractivity (Wildman–Crippen MR) is 135 cm³/mol. The molecule has 2 aromatic heterocycles. The van der Waals surface area contributed by atoms with Gasteiger partial charge in [-0.2, -0.15) is 0 Å². The molecule has 0 spiro atoms. The van der Waals surface area contributed by atoms with Crippen molar-refractivity contribution in [1.82, 2.24) is 15.3 Å². The fourth-order valence-electron chi connectivity index (χ4n) is 5.37. The van der Waals surface area contributed by atoms with Crippen molar-refractivity contribution in [3.8, 4) is 11.1 Å². The number of hydrogen-bond donors (Lipinski definition) is 2. The molecule has 2 unspecified atom stereocenters. The van der Waals surface area contributed by atoms with E-state index >= 15 is 0 Å². The molecule has 3 N–H and O–H groups in total. The first kappa shape index (κ1) is 21.5. The minimum Gasteiger partial charge on any atom is -0.384 e. The van der Waals surface area contributed by atoms with Crippen molar-refractivity contribution in [2.24, 2.45) is 0 Å². The summed E-state index contributed by atoms with van der Waals surface area (Å²) in [7, 11) is 0. The topological polar surface area (TPSA) is 90.1 Å². The molecule has 0 saturated carbocycles. The van der Waals surface area contributed by atoms with Crippen LogP contribution in [0.1, 0.15) is 67.3 Å². The molecule has 6 nitrogen and oxygen atoms in total. The van der Waals surface area contributed by atoms with Crippen molar-refractivity contribution in [3.05, 3.63) is 111 Å². The fraction of sp³-hybridized carbons (Fsp3) is 0.207. The lowest BCUT2D eigenvalue weighted by Crippen LogP contribution is -2.24. The van der Waals surface area contributed by atoms with Crippen molar-refractivity contribution in [1.29, 1.82) is 0 Å². The number of pyridine rings is 2. The van der Waals surface area contributed by atoms with Gasteiger partial charge in [-0.3, -0.25) is 9.78 Å². The van der Waals surface area contributed by atoms with Crippen LogP contribution in [-0.4, -0.2) is 15.9 Å². The number of ether oxygens (including phenoxy) is 1. The van der Waals surface area contributed by atoms with Gasteiger partial charge < -0.3 is 15.8 Å². The molecule has 2 bridgehead atoms. The summed E-state index contributed by atoms with van der Waals surface area (Å²) in [6, 6.07) is 18.3. The number of carbonyl (C=O) groups is 1. The maximum atomic E-state index is 13.0. The maximum Gasteiger partial charge on any atom is 0.251 e. The van der Waals surface area contributed by atoms with Crippen molar-refractivity contribution >= 4 is 11.7 Å². The van der Waals surface area contributed by atoms with Gasteiger partial charge in [0.05, 0.1) is 0 Å². The largest absolute Gasteiger partial charge is 0.384 e. The molecule has 0 radical (unpaired) electrons. The lowest BCUT2D eigenvalue weighted by atomic mass is 9.83. The molecule has 4 heterocycles. The Hall–Kier alpha value is -4.03. The van der Waals surface area contributed by atoms with E-state index in [9.17, 15) is 4.79 Å². The number of carbonyl (C=O) groups excluding carboxylic acids is 1. The number of aromatic nitrogens is 2. The third-order valence-corrected chi connectivity index (χ3v) is 7.16. The molecular weight excluding hydrogens is 436 g/mol. The zero-order chi connectivity index (χ0) is 24.3. The molecule has 35 heavy (non-hydrogen) atoms. The smallest absolute Gasteiger partial charge is 0.251 e. The highest BCUT2D eigenvalue weighted by atomic mass is 16.5. The Balaban J connectivity index is 1.27. The first-order valence-corrected chi connectivity index (χ1v) is 11.8. The summed E-state index contributed by atoms with van der Waals surface area (Å²) in [5.74, 6) is 0.372. The minimum absolute atomic E-state index is 0.0858. The highest BCUT2D eigenvalue weighted by Crippen LogP contribution is 2.54. The molecule has 1 amide bonds. The number of rotatable bonds is 4. The van der Waals surface area contributed by atoms with Crippen LogP contribution < -0.4 is 11.1 Å². The molecule has 2 atom stereocenters. The number of aryl methyl sites for hydroxylation is 3. The zero-order valence-corrected chi connectivity index (χ0v) is 19.9. The van der Waals surface area contributed by atoms with Crippen molar-refractivity contribution in [3.63, 3.8) is 0 Å². The van der Waals surface area contributed by atoms with Crippen LogP contribution in [0.25, 0.3) is 11.1 Å². The Bertz CT molecular complexity index is 1490. The van der Waals surface area contributed by atoms with Crippen LogP contribution in [-0.2, 0) is 11.3 Å². The van der Waals surface area contributed by atoms with Crippen LogP contribution >= 0.6 is 0 Å². The lowest BCUT2D eigenvalue weighted by molar-refractivity contribution is 0.0857. The Morgan fingerprint density at radius 3 is 2.46 bits per heavy atom. The Kier molecular flexibility index (Phi) is 4.93. The van der Waals surface area contributed by atoms with Crippen LogP contribution in [0.3, 0.4) is 0 Å². The summed E-state index contributed by atoms with van der Waals surface area (Å²) in [6.07, 6.45) is 1.56. The number of nitrogens with one attached hydrogen (secondary N) is 1. The average Bonchev–Trinajstić information content (AvgIpc) is 3.40. The summed E-state index contributed by atoms with van der Waals surface area (Å²) in [5, 5.41) is 3.04. The second-order valence-corrected chi connectivity index (χ2v) is 9.33. The van der Waals surface area contributed by atoms with Gasteiger partial charge in [0.2, 0.25) is 0 Å². The third kappa shape index (κ3) is 3.49. The molecule has 2 aliphatic heterocycles. The van der Waals surface area contributed by atoms with E-state index in [4.69, 9.17) is 10.5 Å². The molecular formula is C29H26N4O2. The molecule has 6 heteroatoms. The maximum absolute atomic E-state index is 13.0. The van der Waals surface area contributed by atoms with Crippen LogP contribution in [0.15, 0.2) is 60.8 Å². The van der Waals surface area contributed by atoms with Gasteiger partial charge >= 0.3 is 0 Å². The van der Waals surface area contributed by atoms with Gasteiger partial charge in [-0.15, -0.1) is 0 Å². The first-order chi connectivity index (χ1) is 16.9. The minimum atomic E-state index is -0.166. The van der Waals surface area contributed by atoms with Crippen molar-refractivity contribution in [2.75, 3.05) is 5.73 Å². The number of nitrogens with two attached hydrogens (primary N) is 1. The number of amides is 1.